The third-order valence-electron chi connectivity index (χ3n) is 4.12. The van der Waals surface area contributed by atoms with E-state index in [2.05, 4.69) is 36.9 Å². The van der Waals surface area contributed by atoms with Crippen molar-refractivity contribution in [2.75, 3.05) is 27.2 Å². The van der Waals surface area contributed by atoms with Gasteiger partial charge < -0.3 is 20.7 Å². The van der Waals surface area contributed by atoms with Gasteiger partial charge in [0.05, 0.1) is 13.7 Å². The van der Waals surface area contributed by atoms with E-state index in [1.165, 1.54) is 0 Å². The molecule has 0 aliphatic carbocycles. The van der Waals surface area contributed by atoms with Crippen molar-refractivity contribution in [3.8, 4) is 5.75 Å². The zero-order valence-electron chi connectivity index (χ0n) is 16.5. The lowest BCUT2D eigenvalue weighted by atomic mass is 10.1. The molecule has 1 amide bonds. The first-order valence-electron chi connectivity index (χ1n) is 9.23. The Kier molecular flexibility index (Phi) is 8.81. The molecule has 0 radical (unpaired) electrons. The van der Waals surface area contributed by atoms with Crippen LogP contribution in [-0.4, -0.2) is 39.1 Å². The summed E-state index contributed by atoms with van der Waals surface area (Å²) < 4.78 is 6.40. The second-order valence-electron chi connectivity index (χ2n) is 6.11. The second kappa shape index (κ2) is 11.3. The lowest BCUT2D eigenvalue weighted by Gasteiger charge is -2.13. The van der Waals surface area contributed by atoms with E-state index in [4.69, 9.17) is 4.74 Å². The van der Waals surface area contributed by atoms with Gasteiger partial charge in [-0.05, 0) is 49.2 Å². The number of benzene rings is 2. The highest BCUT2D eigenvalue weighted by molar-refractivity contribution is 9.10. The van der Waals surface area contributed by atoms with Crippen LogP contribution in [-0.2, 0) is 13.0 Å². The highest BCUT2D eigenvalue weighted by atomic mass is 79.9. The molecule has 0 aliphatic rings. The summed E-state index contributed by atoms with van der Waals surface area (Å²) in [5, 5.41) is 9.24. The van der Waals surface area contributed by atoms with Gasteiger partial charge in [-0.1, -0.05) is 28.1 Å². The zero-order chi connectivity index (χ0) is 20.4. The number of hydrogen-bond donors (Lipinski definition) is 3. The number of amides is 1. The molecule has 2 aromatic carbocycles. The van der Waals surface area contributed by atoms with Gasteiger partial charge in [-0.2, -0.15) is 0 Å². The lowest BCUT2D eigenvalue weighted by Crippen LogP contribution is -2.38. The first-order valence-corrected chi connectivity index (χ1v) is 10.0. The minimum absolute atomic E-state index is 0.0762. The van der Waals surface area contributed by atoms with Crippen LogP contribution in [0.1, 0.15) is 28.4 Å². The monoisotopic (exact) mass is 446 g/mol. The maximum atomic E-state index is 11.8. The van der Waals surface area contributed by atoms with E-state index in [-0.39, 0.29) is 5.91 Å². The van der Waals surface area contributed by atoms with Crippen LogP contribution in [0, 0.1) is 0 Å². The molecule has 0 bridgehead atoms. The fourth-order valence-corrected chi connectivity index (χ4v) is 3.12. The number of halogens is 1. The Balaban J connectivity index is 1.99. The summed E-state index contributed by atoms with van der Waals surface area (Å²) in [6, 6.07) is 13.5. The molecule has 0 unspecified atom stereocenters. The van der Waals surface area contributed by atoms with Crippen LogP contribution in [0.4, 0.5) is 0 Å². The summed E-state index contributed by atoms with van der Waals surface area (Å²) in [6.45, 7) is 4.01. The summed E-state index contributed by atoms with van der Waals surface area (Å²) in [5.74, 6) is 1.48. The van der Waals surface area contributed by atoms with E-state index in [0.29, 0.717) is 18.7 Å². The topological polar surface area (TPSA) is 74.8 Å². The SMILES string of the molecule is CCNC(=NCc1cc(Br)ccc1OC)NCCc1cccc(C(=O)NC)c1. The quantitative estimate of drug-likeness (QED) is 0.430. The summed E-state index contributed by atoms with van der Waals surface area (Å²) in [5.41, 5.74) is 2.77. The molecule has 2 rings (SSSR count). The number of carbonyl (C=O) groups is 1. The number of rotatable bonds is 8. The number of carbonyl (C=O) groups excluding carboxylic acids is 1. The smallest absolute Gasteiger partial charge is 0.251 e. The Bertz CT molecular complexity index is 824. The maximum Gasteiger partial charge on any atom is 0.251 e. The van der Waals surface area contributed by atoms with Crippen molar-refractivity contribution < 1.29 is 9.53 Å². The van der Waals surface area contributed by atoms with E-state index < -0.39 is 0 Å². The molecule has 28 heavy (non-hydrogen) atoms. The summed E-state index contributed by atoms with van der Waals surface area (Å²) in [4.78, 5) is 16.4. The zero-order valence-corrected chi connectivity index (χ0v) is 18.1. The average molecular weight is 447 g/mol. The van der Waals surface area contributed by atoms with Gasteiger partial charge in [-0.3, -0.25) is 4.79 Å². The van der Waals surface area contributed by atoms with E-state index in [1.807, 2.05) is 49.4 Å². The van der Waals surface area contributed by atoms with Crippen LogP contribution in [0.5, 0.6) is 5.75 Å². The molecule has 0 saturated carbocycles. The van der Waals surface area contributed by atoms with Gasteiger partial charge in [0.15, 0.2) is 5.96 Å². The number of nitrogens with zero attached hydrogens (tertiary/aromatic N) is 1. The third kappa shape index (κ3) is 6.56. The Labute approximate surface area is 174 Å². The van der Waals surface area contributed by atoms with Crippen LogP contribution in [0.2, 0.25) is 0 Å². The predicted octanol–water partition coefficient (Wildman–Crippen LogP) is 3.12. The summed E-state index contributed by atoms with van der Waals surface area (Å²) in [7, 11) is 3.29. The Morgan fingerprint density at radius 2 is 2.00 bits per heavy atom. The van der Waals surface area contributed by atoms with Crippen molar-refractivity contribution >= 4 is 27.8 Å². The van der Waals surface area contributed by atoms with Crippen LogP contribution in [0.25, 0.3) is 0 Å². The molecular weight excluding hydrogens is 420 g/mol. The number of aliphatic imine (C=N–C) groups is 1. The fourth-order valence-electron chi connectivity index (χ4n) is 2.71. The standard InChI is InChI=1S/C21H27BrN4O2/c1-4-24-21(26-14-17-13-18(22)8-9-19(17)28-3)25-11-10-15-6-5-7-16(12-15)20(27)23-2/h5-9,12-13H,4,10-11,14H2,1-3H3,(H,23,27)(H2,24,25,26). The molecule has 0 atom stereocenters. The van der Waals surface area contributed by atoms with Crippen molar-refractivity contribution in [2.45, 2.75) is 19.9 Å². The first-order chi connectivity index (χ1) is 13.6. The van der Waals surface area contributed by atoms with Gasteiger partial charge >= 0.3 is 0 Å². The van der Waals surface area contributed by atoms with Crippen molar-refractivity contribution in [1.82, 2.24) is 16.0 Å². The first kappa shape index (κ1) is 21.8. The number of nitrogens with one attached hydrogen (secondary N) is 3. The van der Waals surface area contributed by atoms with Crippen LogP contribution < -0.4 is 20.7 Å². The molecule has 0 aromatic heterocycles. The van der Waals surface area contributed by atoms with Crippen LogP contribution >= 0.6 is 15.9 Å². The van der Waals surface area contributed by atoms with Crippen molar-refractivity contribution in [3.05, 3.63) is 63.6 Å². The molecule has 150 valence electrons. The van der Waals surface area contributed by atoms with Gasteiger partial charge in [0.1, 0.15) is 5.75 Å². The van der Waals surface area contributed by atoms with E-state index >= 15 is 0 Å². The molecule has 0 spiro atoms. The Morgan fingerprint density at radius 1 is 1.18 bits per heavy atom. The molecule has 0 aliphatic heterocycles. The molecule has 3 N–H and O–H groups in total. The number of hydrogen-bond acceptors (Lipinski definition) is 3. The highest BCUT2D eigenvalue weighted by Crippen LogP contribution is 2.23. The fraction of sp³-hybridized carbons (Fsp3) is 0.333. The van der Waals surface area contributed by atoms with Crippen molar-refractivity contribution in [1.29, 1.82) is 0 Å². The van der Waals surface area contributed by atoms with Gasteiger partial charge in [-0.15, -0.1) is 0 Å². The average Bonchev–Trinajstić information content (AvgIpc) is 2.71. The molecule has 7 heteroatoms. The number of guanidine groups is 1. The van der Waals surface area contributed by atoms with Gasteiger partial charge in [0.25, 0.3) is 5.91 Å². The summed E-state index contributed by atoms with van der Waals surface area (Å²) >= 11 is 3.49. The predicted molar refractivity (Wildman–Crippen MR) is 117 cm³/mol. The van der Waals surface area contributed by atoms with Crippen LogP contribution in [0.15, 0.2) is 51.9 Å². The lowest BCUT2D eigenvalue weighted by molar-refractivity contribution is 0.0963. The molecular formula is C21H27BrN4O2. The molecule has 0 fully saturated rings. The second-order valence-corrected chi connectivity index (χ2v) is 7.02. The van der Waals surface area contributed by atoms with E-state index in [0.717, 1.165) is 40.3 Å². The van der Waals surface area contributed by atoms with E-state index in [1.54, 1.807) is 14.2 Å². The Hall–Kier alpha value is -2.54. The highest BCUT2D eigenvalue weighted by Gasteiger charge is 2.06. The Morgan fingerprint density at radius 3 is 2.71 bits per heavy atom. The molecule has 0 saturated heterocycles. The third-order valence-corrected chi connectivity index (χ3v) is 4.61. The summed E-state index contributed by atoms with van der Waals surface area (Å²) in [6.07, 6.45) is 0.787. The van der Waals surface area contributed by atoms with Gasteiger partial charge in [-0.25, -0.2) is 4.99 Å². The minimum atomic E-state index is -0.0762. The van der Waals surface area contributed by atoms with Crippen molar-refractivity contribution in [2.24, 2.45) is 4.99 Å². The van der Waals surface area contributed by atoms with Crippen molar-refractivity contribution in [3.63, 3.8) is 0 Å². The van der Waals surface area contributed by atoms with Gasteiger partial charge in [0.2, 0.25) is 0 Å². The molecule has 2 aromatic rings. The number of ether oxygens (including phenoxy) is 1. The van der Waals surface area contributed by atoms with Crippen LogP contribution in [0.3, 0.4) is 0 Å². The molecule has 0 heterocycles. The number of methoxy groups -OCH3 is 1. The minimum Gasteiger partial charge on any atom is -0.496 e. The maximum absolute atomic E-state index is 11.8. The molecule has 6 nitrogen and oxygen atoms in total. The largest absolute Gasteiger partial charge is 0.496 e. The van der Waals surface area contributed by atoms with Gasteiger partial charge in [0, 0.05) is 35.7 Å². The normalized spacial score (nSPS) is 11.1. The van der Waals surface area contributed by atoms with E-state index in [9.17, 15) is 4.79 Å².